The molecule has 5 heteroatoms. The number of carbonyl (C=O) groups excluding carboxylic acids is 1. The molecule has 92 valence electrons. The molecule has 0 aliphatic heterocycles. The van der Waals surface area contributed by atoms with Crippen LogP contribution in [0.4, 0.5) is 0 Å². The van der Waals surface area contributed by atoms with Crippen molar-refractivity contribution in [2.75, 3.05) is 0 Å². The van der Waals surface area contributed by atoms with E-state index in [9.17, 15) is 4.79 Å². The summed E-state index contributed by atoms with van der Waals surface area (Å²) in [5.41, 5.74) is 6.22. The maximum atomic E-state index is 12.1. The summed E-state index contributed by atoms with van der Waals surface area (Å²) in [7, 11) is 0. The van der Waals surface area contributed by atoms with Gasteiger partial charge in [-0.15, -0.1) is 0 Å². The molecular formula is C12H17N3OS. The summed E-state index contributed by atoms with van der Waals surface area (Å²) in [6, 6.07) is 3.46. The smallest absolute Gasteiger partial charge is 0.253 e. The molecule has 1 unspecified atom stereocenters. The quantitative estimate of drug-likeness (QED) is 0.797. The van der Waals surface area contributed by atoms with E-state index in [4.69, 9.17) is 18.0 Å². The molecule has 0 bridgehead atoms. The van der Waals surface area contributed by atoms with Gasteiger partial charge in [0, 0.05) is 11.9 Å². The van der Waals surface area contributed by atoms with E-state index in [1.807, 2.05) is 13.8 Å². The molecule has 0 aromatic carbocycles. The predicted octanol–water partition coefficient (Wildman–Crippen LogP) is 1.57. The Morgan fingerprint density at radius 2 is 2.29 bits per heavy atom. The Bertz CT molecular complexity index is 447. The molecule has 1 amide bonds. The fourth-order valence-corrected chi connectivity index (χ4v) is 1.56. The zero-order valence-corrected chi connectivity index (χ0v) is 11.1. The summed E-state index contributed by atoms with van der Waals surface area (Å²) in [5.74, 6) is -0.201. The van der Waals surface area contributed by atoms with Crippen LogP contribution in [0.1, 0.15) is 36.3 Å². The van der Waals surface area contributed by atoms with Crippen LogP contribution in [0.2, 0.25) is 0 Å². The van der Waals surface area contributed by atoms with E-state index in [1.165, 1.54) is 0 Å². The first-order valence-electron chi connectivity index (χ1n) is 5.44. The Labute approximate surface area is 107 Å². The largest absolute Gasteiger partial charge is 0.391 e. The SMILES string of the molecule is CCC(C)(NC(=O)c1cccnc1C)C(N)=S. The van der Waals surface area contributed by atoms with Gasteiger partial charge >= 0.3 is 0 Å². The minimum atomic E-state index is -0.658. The molecule has 0 spiro atoms. The highest BCUT2D eigenvalue weighted by molar-refractivity contribution is 7.80. The Morgan fingerprint density at radius 3 is 2.76 bits per heavy atom. The van der Waals surface area contributed by atoms with Gasteiger partial charge in [0.05, 0.1) is 16.1 Å². The van der Waals surface area contributed by atoms with Crippen molar-refractivity contribution in [3.63, 3.8) is 0 Å². The van der Waals surface area contributed by atoms with E-state index in [-0.39, 0.29) is 10.9 Å². The van der Waals surface area contributed by atoms with Crippen molar-refractivity contribution in [1.82, 2.24) is 10.3 Å². The number of nitrogens with two attached hydrogens (primary N) is 1. The van der Waals surface area contributed by atoms with E-state index in [0.717, 1.165) is 0 Å². The highest BCUT2D eigenvalue weighted by Crippen LogP contribution is 2.12. The highest BCUT2D eigenvalue weighted by Gasteiger charge is 2.28. The number of rotatable bonds is 4. The van der Waals surface area contributed by atoms with Crippen molar-refractivity contribution in [2.24, 2.45) is 5.73 Å². The van der Waals surface area contributed by atoms with Crippen LogP contribution in [-0.4, -0.2) is 21.4 Å². The lowest BCUT2D eigenvalue weighted by Gasteiger charge is -2.28. The van der Waals surface area contributed by atoms with Crippen LogP contribution in [0.3, 0.4) is 0 Å². The molecule has 1 heterocycles. The number of carbonyl (C=O) groups is 1. The fraction of sp³-hybridized carbons (Fsp3) is 0.417. The second-order valence-corrected chi connectivity index (χ2v) is 4.58. The van der Waals surface area contributed by atoms with Crippen LogP contribution < -0.4 is 11.1 Å². The topological polar surface area (TPSA) is 68.0 Å². The molecule has 0 aliphatic carbocycles. The Kier molecular flexibility index (Phi) is 4.17. The van der Waals surface area contributed by atoms with Crippen LogP contribution in [0, 0.1) is 6.92 Å². The summed E-state index contributed by atoms with van der Waals surface area (Å²) in [4.78, 5) is 16.4. The van der Waals surface area contributed by atoms with Crippen LogP contribution in [0.15, 0.2) is 18.3 Å². The molecule has 1 aromatic rings. The summed E-state index contributed by atoms with van der Waals surface area (Å²) in [6.45, 7) is 5.54. The maximum Gasteiger partial charge on any atom is 0.253 e. The molecule has 1 rings (SSSR count). The molecular weight excluding hydrogens is 234 g/mol. The van der Waals surface area contributed by atoms with Crippen LogP contribution in [0.25, 0.3) is 0 Å². The molecule has 0 radical (unpaired) electrons. The molecule has 0 aliphatic rings. The lowest BCUT2D eigenvalue weighted by molar-refractivity contribution is 0.0925. The van der Waals surface area contributed by atoms with Gasteiger partial charge in [-0.2, -0.15) is 0 Å². The summed E-state index contributed by atoms with van der Waals surface area (Å²) in [5, 5.41) is 2.85. The van der Waals surface area contributed by atoms with Gasteiger partial charge in [-0.25, -0.2) is 0 Å². The zero-order chi connectivity index (χ0) is 13.1. The number of amides is 1. The molecule has 0 fully saturated rings. The third-order valence-electron chi connectivity index (χ3n) is 2.89. The molecule has 4 nitrogen and oxygen atoms in total. The van der Waals surface area contributed by atoms with E-state index in [0.29, 0.717) is 17.7 Å². The molecule has 1 aromatic heterocycles. The number of thiocarbonyl (C=S) groups is 1. The predicted molar refractivity (Wildman–Crippen MR) is 71.9 cm³/mol. The monoisotopic (exact) mass is 251 g/mol. The van der Waals surface area contributed by atoms with Gasteiger partial charge in [-0.1, -0.05) is 19.1 Å². The van der Waals surface area contributed by atoms with Crippen molar-refractivity contribution in [2.45, 2.75) is 32.7 Å². The van der Waals surface area contributed by atoms with Crippen molar-refractivity contribution < 1.29 is 4.79 Å². The Morgan fingerprint density at radius 1 is 1.65 bits per heavy atom. The van der Waals surface area contributed by atoms with Crippen molar-refractivity contribution >= 4 is 23.1 Å². The fourth-order valence-electron chi connectivity index (χ4n) is 1.37. The van der Waals surface area contributed by atoms with Crippen molar-refractivity contribution in [3.05, 3.63) is 29.6 Å². The molecule has 0 saturated heterocycles. The van der Waals surface area contributed by atoms with Gasteiger partial charge in [-0.3, -0.25) is 9.78 Å². The average molecular weight is 251 g/mol. The van der Waals surface area contributed by atoms with E-state index in [1.54, 1.807) is 25.3 Å². The molecule has 1 atom stereocenters. The minimum absolute atomic E-state index is 0.201. The number of hydrogen-bond donors (Lipinski definition) is 2. The van der Waals surface area contributed by atoms with Crippen molar-refractivity contribution in [3.8, 4) is 0 Å². The third-order valence-corrected chi connectivity index (χ3v) is 3.34. The van der Waals surface area contributed by atoms with E-state index in [2.05, 4.69) is 10.3 Å². The number of aromatic nitrogens is 1. The number of pyridine rings is 1. The first-order valence-corrected chi connectivity index (χ1v) is 5.85. The second-order valence-electron chi connectivity index (χ2n) is 4.14. The normalized spacial score (nSPS) is 13.8. The lowest BCUT2D eigenvalue weighted by atomic mass is 9.98. The first kappa shape index (κ1) is 13.6. The van der Waals surface area contributed by atoms with Crippen LogP contribution >= 0.6 is 12.2 Å². The number of nitrogens with zero attached hydrogens (tertiary/aromatic N) is 1. The van der Waals surface area contributed by atoms with Crippen LogP contribution in [-0.2, 0) is 0 Å². The van der Waals surface area contributed by atoms with Gasteiger partial charge < -0.3 is 11.1 Å². The number of nitrogens with one attached hydrogen (secondary N) is 1. The standard InChI is InChI=1S/C12H17N3OS/c1-4-12(3,11(13)17)15-10(16)9-6-5-7-14-8(9)2/h5-7H,4H2,1-3H3,(H2,13,17)(H,15,16). The van der Waals surface area contributed by atoms with E-state index < -0.39 is 5.54 Å². The van der Waals surface area contributed by atoms with Gasteiger partial charge in [-0.05, 0) is 32.4 Å². The second kappa shape index (κ2) is 5.23. The molecule has 0 saturated carbocycles. The molecule has 17 heavy (non-hydrogen) atoms. The summed E-state index contributed by atoms with van der Waals surface area (Å²) in [6.07, 6.45) is 2.30. The van der Waals surface area contributed by atoms with Gasteiger partial charge in [0.15, 0.2) is 0 Å². The molecule has 3 N–H and O–H groups in total. The third kappa shape index (κ3) is 3.00. The Hall–Kier alpha value is -1.49. The first-order chi connectivity index (χ1) is 7.90. The number of hydrogen-bond acceptors (Lipinski definition) is 3. The van der Waals surface area contributed by atoms with E-state index >= 15 is 0 Å². The average Bonchev–Trinajstić information content (AvgIpc) is 2.29. The van der Waals surface area contributed by atoms with Crippen LogP contribution in [0.5, 0.6) is 0 Å². The summed E-state index contributed by atoms with van der Waals surface area (Å²) < 4.78 is 0. The maximum absolute atomic E-state index is 12.1. The van der Waals surface area contributed by atoms with Gasteiger partial charge in [0.1, 0.15) is 0 Å². The highest BCUT2D eigenvalue weighted by atomic mass is 32.1. The Balaban J connectivity index is 2.93. The minimum Gasteiger partial charge on any atom is -0.391 e. The number of aryl methyl sites for hydroxylation is 1. The van der Waals surface area contributed by atoms with Gasteiger partial charge in [0.25, 0.3) is 5.91 Å². The van der Waals surface area contributed by atoms with Crippen molar-refractivity contribution in [1.29, 1.82) is 0 Å². The lowest BCUT2D eigenvalue weighted by Crippen LogP contribution is -2.54. The van der Waals surface area contributed by atoms with Gasteiger partial charge in [0.2, 0.25) is 0 Å². The zero-order valence-electron chi connectivity index (χ0n) is 10.3. The summed E-state index contributed by atoms with van der Waals surface area (Å²) >= 11 is 4.98.